The van der Waals surface area contributed by atoms with E-state index in [0.29, 0.717) is 11.5 Å². The lowest BCUT2D eigenvalue weighted by atomic mass is 9.89. The lowest BCUT2D eigenvalue weighted by molar-refractivity contribution is 0.0852. The van der Waals surface area contributed by atoms with Crippen LogP contribution in [0.1, 0.15) is 37.1 Å². The van der Waals surface area contributed by atoms with Gasteiger partial charge in [-0.1, -0.05) is 20.8 Å². The highest BCUT2D eigenvalue weighted by molar-refractivity contribution is 5.97. The summed E-state index contributed by atoms with van der Waals surface area (Å²) in [7, 11) is 0. The van der Waals surface area contributed by atoms with Crippen LogP contribution in [0.5, 0.6) is 0 Å². The summed E-state index contributed by atoms with van der Waals surface area (Å²) in [6.07, 6.45) is 1.61. The smallest absolute Gasteiger partial charge is 0.186 e. The van der Waals surface area contributed by atoms with E-state index in [1.807, 2.05) is 20.8 Å². The van der Waals surface area contributed by atoms with Crippen LogP contribution in [0.4, 0.5) is 0 Å². The lowest BCUT2D eigenvalue weighted by Crippen LogP contribution is -2.21. The van der Waals surface area contributed by atoms with Crippen molar-refractivity contribution in [2.75, 3.05) is 0 Å². The highest BCUT2D eigenvalue weighted by Gasteiger charge is 2.23. The zero-order chi connectivity index (χ0) is 10.1. The molecule has 1 aromatic rings. The fourth-order valence-corrected chi connectivity index (χ4v) is 0.967. The van der Waals surface area contributed by atoms with Crippen molar-refractivity contribution in [2.24, 2.45) is 5.41 Å². The first-order chi connectivity index (χ1) is 5.91. The van der Waals surface area contributed by atoms with E-state index in [4.69, 9.17) is 0 Å². The van der Waals surface area contributed by atoms with E-state index in [9.17, 15) is 4.79 Å². The minimum absolute atomic E-state index is 0.0537. The fraction of sp³-hybridized carbons (Fsp3) is 0.500. The number of aryl methyl sites for hydroxylation is 1. The van der Waals surface area contributed by atoms with Gasteiger partial charge < -0.3 is 0 Å². The molecule has 13 heavy (non-hydrogen) atoms. The van der Waals surface area contributed by atoms with Gasteiger partial charge in [-0.15, -0.1) is 0 Å². The molecular formula is C10H14N2O. The van der Waals surface area contributed by atoms with Gasteiger partial charge in [0.2, 0.25) is 0 Å². The third-order valence-corrected chi connectivity index (χ3v) is 1.69. The van der Waals surface area contributed by atoms with E-state index < -0.39 is 0 Å². The Kier molecular flexibility index (Phi) is 2.45. The van der Waals surface area contributed by atoms with Crippen LogP contribution in [0.2, 0.25) is 0 Å². The van der Waals surface area contributed by atoms with Gasteiger partial charge >= 0.3 is 0 Å². The van der Waals surface area contributed by atoms with Gasteiger partial charge in [0.05, 0.1) is 0 Å². The Balaban J connectivity index is 3.03. The van der Waals surface area contributed by atoms with Crippen molar-refractivity contribution < 1.29 is 4.79 Å². The maximum absolute atomic E-state index is 11.7. The summed E-state index contributed by atoms with van der Waals surface area (Å²) in [5.41, 5.74) is 0.126. The molecular weight excluding hydrogens is 164 g/mol. The van der Waals surface area contributed by atoms with Crippen molar-refractivity contribution in [2.45, 2.75) is 27.7 Å². The van der Waals surface area contributed by atoms with Gasteiger partial charge in [0.25, 0.3) is 0 Å². The topological polar surface area (TPSA) is 42.9 Å². The Labute approximate surface area is 78.2 Å². The van der Waals surface area contributed by atoms with E-state index in [-0.39, 0.29) is 11.2 Å². The Morgan fingerprint density at radius 3 is 2.46 bits per heavy atom. The molecule has 1 heterocycles. The largest absolute Gasteiger partial charge is 0.292 e. The summed E-state index contributed by atoms with van der Waals surface area (Å²) in [6, 6.07) is 1.65. The zero-order valence-corrected chi connectivity index (χ0v) is 8.46. The molecule has 0 unspecified atom stereocenters. The SMILES string of the molecule is Cc1nccc(C(=O)C(C)(C)C)n1. The molecule has 0 amide bonds. The Morgan fingerprint density at radius 1 is 1.38 bits per heavy atom. The third kappa shape index (κ3) is 2.34. The average Bonchev–Trinajstić information content (AvgIpc) is 2.01. The molecule has 0 fully saturated rings. The van der Waals surface area contributed by atoms with Crippen LogP contribution in [0.15, 0.2) is 12.3 Å². The van der Waals surface area contributed by atoms with E-state index in [1.54, 1.807) is 19.2 Å². The second-order valence-electron chi connectivity index (χ2n) is 4.07. The maximum atomic E-state index is 11.7. The molecule has 0 aliphatic rings. The van der Waals surface area contributed by atoms with Gasteiger partial charge in [-0.3, -0.25) is 4.79 Å². The minimum atomic E-state index is -0.374. The van der Waals surface area contributed by atoms with Crippen molar-refractivity contribution in [3.05, 3.63) is 23.8 Å². The molecule has 0 atom stereocenters. The highest BCUT2D eigenvalue weighted by atomic mass is 16.1. The number of ketones is 1. The maximum Gasteiger partial charge on any atom is 0.186 e. The van der Waals surface area contributed by atoms with Gasteiger partial charge in [-0.05, 0) is 13.0 Å². The predicted octanol–water partition coefficient (Wildman–Crippen LogP) is 2.01. The first-order valence-electron chi connectivity index (χ1n) is 4.26. The second kappa shape index (κ2) is 3.24. The number of hydrogen-bond acceptors (Lipinski definition) is 3. The highest BCUT2D eigenvalue weighted by Crippen LogP contribution is 2.18. The second-order valence-corrected chi connectivity index (χ2v) is 4.07. The molecule has 0 aromatic carbocycles. The average molecular weight is 178 g/mol. The van der Waals surface area contributed by atoms with Crippen LogP contribution in [-0.4, -0.2) is 15.8 Å². The van der Waals surface area contributed by atoms with E-state index in [1.165, 1.54) is 0 Å². The Morgan fingerprint density at radius 2 is 2.00 bits per heavy atom. The number of nitrogens with zero attached hydrogens (tertiary/aromatic N) is 2. The molecule has 3 nitrogen and oxygen atoms in total. The molecule has 0 bridgehead atoms. The number of Topliss-reactive ketones (excluding diaryl/α,β-unsaturated/α-hetero) is 1. The normalized spacial score (nSPS) is 11.4. The Hall–Kier alpha value is -1.25. The van der Waals surface area contributed by atoms with E-state index >= 15 is 0 Å². The zero-order valence-electron chi connectivity index (χ0n) is 8.46. The van der Waals surface area contributed by atoms with Crippen LogP contribution in [0.3, 0.4) is 0 Å². The van der Waals surface area contributed by atoms with Crippen molar-refractivity contribution in [1.29, 1.82) is 0 Å². The van der Waals surface area contributed by atoms with Gasteiger partial charge in [-0.2, -0.15) is 0 Å². The summed E-state index contributed by atoms with van der Waals surface area (Å²) in [5.74, 6) is 0.688. The Bertz CT molecular complexity index is 326. The van der Waals surface area contributed by atoms with Crippen LogP contribution in [0.25, 0.3) is 0 Å². The van der Waals surface area contributed by atoms with Gasteiger partial charge in [-0.25, -0.2) is 9.97 Å². The summed E-state index contributed by atoms with van der Waals surface area (Å²) in [5, 5.41) is 0. The van der Waals surface area contributed by atoms with Gasteiger partial charge in [0.15, 0.2) is 5.78 Å². The molecule has 1 aromatic heterocycles. The first kappa shape index (κ1) is 9.84. The van der Waals surface area contributed by atoms with Crippen molar-refractivity contribution in [3.63, 3.8) is 0 Å². The molecule has 0 aliphatic heterocycles. The van der Waals surface area contributed by atoms with E-state index in [2.05, 4.69) is 9.97 Å². The molecule has 0 aliphatic carbocycles. The number of aromatic nitrogens is 2. The molecule has 0 saturated carbocycles. The monoisotopic (exact) mass is 178 g/mol. The van der Waals surface area contributed by atoms with Gasteiger partial charge in [0.1, 0.15) is 11.5 Å². The van der Waals surface area contributed by atoms with E-state index in [0.717, 1.165) is 0 Å². The van der Waals surface area contributed by atoms with Crippen LogP contribution in [0, 0.1) is 12.3 Å². The summed E-state index contributed by atoms with van der Waals surface area (Å²) in [4.78, 5) is 19.7. The predicted molar refractivity (Wildman–Crippen MR) is 50.6 cm³/mol. The molecule has 0 saturated heterocycles. The summed E-state index contributed by atoms with van der Waals surface area (Å²) in [6.45, 7) is 7.42. The van der Waals surface area contributed by atoms with Crippen LogP contribution >= 0.6 is 0 Å². The molecule has 0 N–H and O–H groups in total. The number of hydrogen-bond donors (Lipinski definition) is 0. The van der Waals surface area contributed by atoms with Crippen molar-refractivity contribution in [3.8, 4) is 0 Å². The fourth-order valence-electron chi connectivity index (χ4n) is 0.967. The lowest BCUT2D eigenvalue weighted by Gasteiger charge is -2.15. The van der Waals surface area contributed by atoms with Gasteiger partial charge in [0, 0.05) is 11.6 Å². The first-order valence-corrected chi connectivity index (χ1v) is 4.26. The molecule has 3 heteroatoms. The number of rotatable bonds is 1. The van der Waals surface area contributed by atoms with Crippen molar-refractivity contribution in [1.82, 2.24) is 9.97 Å². The molecule has 1 rings (SSSR count). The molecule has 0 spiro atoms. The minimum Gasteiger partial charge on any atom is -0.292 e. The van der Waals surface area contributed by atoms with Crippen LogP contribution in [-0.2, 0) is 0 Å². The third-order valence-electron chi connectivity index (χ3n) is 1.69. The quantitative estimate of drug-likeness (QED) is 0.618. The standard InChI is InChI=1S/C10H14N2O/c1-7-11-6-5-8(12-7)9(13)10(2,3)4/h5-6H,1-4H3. The van der Waals surface area contributed by atoms with Crippen molar-refractivity contribution >= 4 is 5.78 Å². The van der Waals surface area contributed by atoms with Crippen LogP contribution < -0.4 is 0 Å². The number of carbonyl (C=O) groups excluding carboxylic acids is 1. The number of carbonyl (C=O) groups is 1. The molecule has 0 radical (unpaired) electrons. The summed E-state index contributed by atoms with van der Waals surface area (Å²) < 4.78 is 0. The summed E-state index contributed by atoms with van der Waals surface area (Å²) >= 11 is 0. The molecule has 70 valence electrons.